The molecule has 0 saturated carbocycles. The highest BCUT2D eigenvalue weighted by Crippen LogP contribution is 2.09. The molecule has 2 aromatic rings. The summed E-state index contributed by atoms with van der Waals surface area (Å²) < 4.78 is 0.703. The fraction of sp³-hybridized carbons (Fsp3) is 0. The number of nitrogens with two attached hydrogens (primary N) is 1. The monoisotopic (exact) mass is 161 g/mol. The fourth-order valence-electron chi connectivity index (χ4n) is 1.06. The lowest BCUT2D eigenvalue weighted by atomic mass is 10.3. The molecule has 0 amide bonds. The molecule has 4 heteroatoms. The number of hydrogen-bond acceptors (Lipinski definition) is 3. The molecule has 2 N–H and O–H groups in total. The maximum atomic E-state index is 10.8. The molecule has 0 aromatic carbocycles. The normalized spacial score (nSPS) is 10.3. The van der Waals surface area contributed by atoms with E-state index >= 15 is 0 Å². The molecule has 0 spiro atoms. The average molecular weight is 161 g/mol. The van der Waals surface area contributed by atoms with Crippen molar-refractivity contribution in [1.82, 2.24) is 4.98 Å². The van der Waals surface area contributed by atoms with Crippen molar-refractivity contribution in [3.8, 4) is 0 Å². The number of nitrogen functional groups attached to an aromatic ring is 1. The number of pyridine rings is 2. The molecule has 2 heterocycles. The van der Waals surface area contributed by atoms with Gasteiger partial charge in [0.2, 0.25) is 6.20 Å². The molecule has 0 fully saturated rings. The number of hydrogen-bond donors (Lipinski definition) is 1. The van der Waals surface area contributed by atoms with Crippen LogP contribution in [0.3, 0.4) is 0 Å². The van der Waals surface area contributed by atoms with E-state index < -0.39 is 0 Å². The zero-order valence-electron chi connectivity index (χ0n) is 6.27. The van der Waals surface area contributed by atoms with Crippen molar-refractivity contribution in [2.45, 2.75) is 0 Å². The Balaban J connectivity index is 2.80. The zero-order chi connectivity index (χ0) is 8.55. The largest absolute Gasteiger partial charge is 0.619 e. The van der Waals surface area contributed by atoms with Crippen molar-refractivity contribution in [3.63, 3.8) is 0 Å². The van der Waals surface area contributed by atoms with Gasteiger partial charge in [0.1, 0.15) is 11.3 Å². The number of aromatic nitrogens is 2. The molecule has 0 atom stereocenters. The number of anilines is 1. The minimum atomic E-state index is 0.425. The van der Waals surface area contributed by atoms with Gasteiger partial charge in [-0.3, -0.25) is 0 Å². The van der Waals surface area contributed by atoms with E-state index in [1.807, 2.05) is 6.07 Å². The second-order valence-corrected chi connectivity index (χ2v) is 2.52. The average Bonchev–Trinajstić information content (AvgIpc) is 2.03. The number of fused-ring (bicyclic) bond motifs is 1. The Kier molecular flexibility index (Phi) is 1.33. The quantitative estimate of drug-likeness (QED) is 0.450. The maximum absolute atomic E-state index is 10.8. The zero-order valence-corrected chi connectivity index (χ0v) is 6.27. The summed E-state index contributed by atoms with van der Waals surface area (Å²) in [6, 6.07) is 5.24. The molecule has 0 saturated heterocycles. The Morgan fingerprint density at radius 2 is 2.17 bits per heavy atom. The molecule has 0 aliphatic heterocycles. The van der Waals surface area contributed by atoms with Gasteiger partial charge in [0.25, 0.3) is 0 Å². The van der Waals surface area contributed by atoms with Crippen LogP contribution in [0.25, 0.3) is 10.9 Å². The van der Waals surface area contributed by atoms with Crippen LogP contribution < -0.4 is 10.5 Å². The van der Waals surface area contributed by atoms with Crippen LogP contribution in [0.4, 0.5) is 5.82 Å². The Morgan fingerprint density at radius 1 is 1.33 bits per heavy atom. The van der Waals surface area contributed by atoms with E-state index in [1.54, 1.807) is 12.1 Å². The van der Waals surface area contributed by atoms with Gasteiger partial charge < -0.3 is 10.9 Å². The molecule has 0 radical (unpaired) electrons. The molecule has 12 heavy (non-hydrogen) atoms. The van der Waals surface area contributed by atoms with Crippen LogP contribution in [0.15, 0.2) is 30.6 Å². The first kappa shape index (κ1) is 6.84. The molecule has 4 nitrogen and oxygen atoms in total. The van der Waals surface area contributed by atoms with E-state index in [9.17, 15) is 5.21 Å². The van der Waals surface area contributed by atoms with E-state index in [-0.39, 0.29) is 0 Å². The van der Waals surface area contributed by atoms with Gasteiger partial charge in [0.15, 0.2) is 6.20 Å². The first-order chi connectivity index (χ1) is 5.75. The predicted molar refractivity (Wildman–Crippen MR) is 45.1 cm³/mol. The van der Waals surface area contributed by atoms with Crippen molar-refractivity contribution < 1.29 is 4.73 Å². The second-order valence-electron chi connectivity index (χ2n) is 2.52. The van der Waals surface area contributed by atoms with Crippen LogP contribution in [0.5, 0.6) is 0 Å². The van der Waals surface area contributed by atoms with E-state index in [1.165, 1.54) is 12.4 Å². The SMILES string of the molecule is Nc1ccc2cc[n+]([O-])cc2n1. The highest BCUT2D eigenvalue weighted by molar-refractivity contribution is 5.77. The van der Waals surface area contributed by atoms with Crippen molar-refractivity contribution >= 4 is 16.7 Å². The molecule has 0 unspecified atom stereocenters. The molecule has 0 aliphatic carbocycles. The first-order valence-corrected chi connectivity index (χ1v) is 3.51. The molecular formula is C8H7N3O. The topological polar surface area (TPSA) is 65.8 Å². The minimum absolute atomic E-state index is 0.425. The summed E-state index contributed by atoms with van der Waals surface area (Å²) in [5.74, 6) is 0.425. The maximum Gasteiger partial charge on any atom is 0.206 e. The molecule has 2 aromatic heterocycles. The fourth-order valence-corrected chi connectivity index (χ4v) is 1.06. The summed E-state index contributed by atoms with van der Waals surface area (Å²) in [6.45, 7) is 0. The van der Waals surface area contributed by atoms with Gasteiger partial charge in [-0.15, -0.1) is 0 Å². The summed E-state index contributed by atoms with van der Waals surface area (Å²) in [6.07, 6.45) is 2.83. The van der Waals surface area contributed by atoms with Crippen LogP contribution in [-0.4, -0.2) is 4.98 Å². The summed E-state index contributed by atoms with van der Waals surface area (Å²) >= 11 is 0. The van der Waals surface area contributed by atoms with Crippen molar-refractivity contribution in [1.29, 1.82) is 0 Å². The molecule has 60 valence electrons. The van der Waals surface area contributed by atoms with Gasteiger partial charge in [0.05, 0.1) is 0 Å². The highest BCUT2D eigenvalue weighted by atomic mass is 16.5. The Labute approximate surface area is 68.9 Å². The van der Waals surface area contributed by atoms with Gasteiger partial charge in [-0.25, -0.2) is 4.98 Å². The molecule has 2 rings (SSSR count). The van der Waals surface area contributed by atoms with Crippen LogP contribution >= 0.6 is 0 Å². The number of nitrogens with zero attached hydrogens (tertiary/aromatic N) is 2. The van der Waals surface area contributed by atoms with Crippen LogP contribution in [-0.2, 0) is 0 Å². The summed E-state index contributed by atoms with van der Waals surface area (Å²) in [5.41, 5.74) is 6.07. The van der Waals surface area contributed by atoms with Gasteiger partial charge in [-0.2, -0.15) is 4.73 Å². The third-order valence-electron chi connectivity index (χ3n) is 1.63. The highest BCUT2D eigenvalue weighted by Gasteiger charge is 1.98. The van der Waals surface area contributed by atoms with Crippen LogP contribution in [0.2, 0.25) is 0 Å². The Hall–Kier alpha value is -1.84. The van der Waals surface area contributed by atoms with Gasteiger partial charge in [-0.05, 0) is 12.1 Å². The summed E-state index contributed by atoms with van der Waals surface area (Å²) in [7, 11) is 0. The molecule has 0 aliphatic rings. The Bertz CT molecular complexity index is 391. The van der Waals surface area contributed by atoms with Crippen LogP contribution in [0, 0.1) is 5.21 Å². The van der Waals surface area contributed by atoms with Crippen LogP contribution in [0.1, 0.15) is 0 Å². The third-order valence-corrected chi connectivity index (χ3v) is 1.63. The van der Waals surface area contributed by atoms with Crippen molar-refractivity contribution in [3.05, 3.63) is 35.8 Å². The van der Waals surface area contributed by atoms with Crippen molar-refractivity contribution in [2.75, 3.05) is 5.73 Å². The minimum Gasteiger partial charge on any atom is -0.619 e. The van der Waals surface area contributed by atoms with E-state index in [2.05, 4.69) is 4.98 Å². The smallest absolute Gasteiger partial charge is 0.206 e. The van der Waals surface area contributed by atoms with Crippen molar-refractivity contribution in [2.24, 2.45) is 0 Å². The number of rotatable bonds is 0. The third kappa shape index (κ3) is 1.03. The van der Waals surface area contributed by atoms with E-state index in [0.717, 1.165) is 5.39 Å². The van der Waals surface area contributed by atoms with Gasteiger partial charge in [0, 0.05) is 11.5 Å². The molecule has 0 bridgehead atoms. The summed E-state index contributed by atoms with van der Waals surface area (Å²) in [5, 5.41) is 11.7. The first-order valence-electron chi connectivity index (χ1n) is 3.51. The summed E-state index contributed by atoms with van der Waals surface area (Å²) in [4.78, 5) is 3.99. The predicted octanol–water partition coefficient (Wildman–Crippen LogP) is 0.450. The lowest BCUT2D eigenvalue weighted by Crippen LogP contribution is -2.23. The standard InChI is InChI=1S/C8H7N3O/c9-8-2-1-6-3-4-11(12)5-7(6)10-8/h1-5H,(H2,9,10). The van der Waals surface area contributed by atoms with E-state index in [0.29, 0.717) is 16.1 Å². The lowest BCUT2D eigenvalue weighted by molar-refractivity contribution is -0.604. The molecular weight excluding hydrogens is 154 g/mol. The Morgan fingerprint density at radius 3 is 3.00 bits per heavy atom. The van der Waals surface area contributed by atoms with Gasteiger partial charge in [-0.1, -0.05) is 0 Å². The van der Waals surface area contributed by atoms with E-state index in [4.69, 9.17) is 5.73 Å². The lowest BCUT2D eigenvalue weighted by Gasteiger charge is -1.98. The van der Waals surface area contributed by atoms with Gasteiger partial charge >= 0.3 is 0 Å². The second kappa shape index (κ2) is 2.34.